The number of ether oxygens (including phenoxy) is 1. The molecule has 7 nitrogen and oxygen atoms in total. The number of nitrogens with zero attached hydrogens (tertiary/aromatic N) is 3. The van der Waals surface area contributed by atoms with E-state index in [1.807, 2.05) is 37.3 Å². The molecule has 0 saturated heterocycles. The average molecular weight is 521 g/mol. The Hall–Kier alpha value is -2.59. The van der Waals surface area contributed by atoms with E-state index in [2.05, 4.69) is 20.5 Å². The highest BCUT2D eigenvalue weighted by molar-refractivity contribution is 7.99. The van der Waals surface area contributed by atoms with Gasteiger partial charge in [0, 0.05) is 15.5 Å². The minimum absolute atomic E-state index is 0.0964. The number of aryl methyl sites for hydroxylation is 1. The van der Waals surface area contributed by atoms with Crippen molar-refractivity contribution >= 4 is 57.3 Å². The highest BCUT2D eigenvalue weighted by Gasteiger charge is 2.19. The van der Waals surface area contributed by atoms with Gasteiger partial charge in [0.25, 0.3) is 11.1 Å². The zero-order valence-electron chi connectivity index (χ0n) is 17.5. The molecule has 4 aromatic rings. The van der Waals surface area contributed by atoms with Gasteiger partial charge < -0.3 is 14.5 Å². The van der Waals surface area contributed by atoms with Crippen molar-refractivity contribution in [3.63, 3.8) is 0 Å². The minimum atomic E-state index is -0.533. The molecule has 2 heterocycles. The molecule has 170 valence electrons. The first-order chi connectivity index (χ1) is 15.9. The van der Waals surface area contributed by atoms with Crippen molar-refractivity contribution in [2.75, 3.05) is 11.1 Å². The average Bonchev–Trinajstić information content (AvgIpc) is 3.41. The van der Waals surface area contributed by atoms with Crippen LogP contribution in [0.1, 0.15) is 23.8 Å². The molecule has 0 spiro atoms. The normalized spacial score (nSPS) is 11.9. The van der Waals surface area contributed by atoms with E-state index in [0.29, 0.717) is 20.9 Å². The van der Waals surface area contributed by atoms with Crippen LogP contribution >= 0.6 is 46.3 Å². The molecule has 0 unspecified atom stereocenters. The predicted octanol–water partition coefficient (Wildman–Crippen LogP) is 6.68. The van der Waals surface area contributed by atoms with Gasteiger partial charge in [-0.25, -0.2) is 4.98 Å². The van der Waals surface area contributed by atoms with Gasteiger partial charge >= 0.3 is 0 Å². The maximum Gasteiger partial charge on any atom is 0.277 e. The number of aromatic nitrogens is 3. The van der Waals surface area contributed by atoms with Crippen molar-refractivity contribution in [3.05, 3.63) is 69.3 Å². The number of carbonyl (C=O) groups is 1. The molecule has 0 aliphatic carbocycles. The summed E-state index contributed by atoms with van der Waals surface area (Å²) in [5.41, 5.74) is 1.87. The Bertz CT molecular complexity index is 1260. The fourth-order valence-corrected chi connectivity index (χ4v) is 4.73. The molecule has 0 aliphatic heterocycles. The quantitative estimate of drug-likeness (QED) is 0.259. The highest BCUT2D eigenvalue weighted by Crippen LogP contribution is 2.32. The van der Waals surface area contributed by atoms with Gasteiger partial charge in [-0.15, -0.1) is 21.5 Å². The van der Waals surface area contributed by atoms with Gasteiger partial charge in [-0.05, 0) is 32.0 Å². The molecule has 1 amide bonds. The number of nitrogens with one attached hydrogen (secondary N) is 1. The van der Waals surface area contributed by atoms with Crippen LogP contribution in [0, 0.1) is 6.92 Å². The van der Waals surface area contributed by atoms with Gasteiger partial charge in [-0.3, -0.25) is 4.79 Å². The first-order valence-corrected chi connectivity index (χ1v) is 12.4. The third-order valence-corrected chi connectivity index (χ3v) is 6.62. The molecule has 4 rings (SSSR count). The summed E-state index contributed by atoms with van der Waals surface area (Å²) in [6.07, 6.45) is -0.533. The number of halogens is 2. The van der Waals surface area contributed by atoms with Gasteiger partial charge in [-0.2, -0.15) is 0 Å². The summed E-state index contributed by atoms with van der Waals surface area (Å²) >= 11 is 14.6. The Kier molecular flexibility index (Phi) is 7.54. The number of benzene rings is 2. The molecule has 0 saturated carbocycles. The second kappa shape index (κ2) is 10.6. The summed E-state index contributed by atoms with van der Waals surface area (Å²) in [5.74, 6) is 0.602. The summed E-state index contributed by atoms with van der Waals surface area (Å²) < 4.78 is 11.4. The smallest absolute Gasteiger partial charge is 0.277 e. The van der Waals surface area contributed by atoms with Crippen molar-refractivity contribution in [3.8, 4) is 17.0 Å². The van der Waals surface area contributed by atoms with Gasteiger partial charge in [-0.1, -0.05) is 65.3 Å². The van der Waals surface area contributed by atoms with E-state index in [9.17, 15) is 4.79 Å². The molecule has 0 bridgehead atoms. The summed E-state index contributed by atoms with van der Waals surface area (Å²) in [7, 11) is 0. The fourth-order valence-electron chi connectivity index (χ4n) is 2.85. The Morgan fingerprint density at radius 3 is 2.76 bits per heavy atom. The number of thiazole rings is 1. The Morgan fingerprint density at radius 2 is 2.00 bits per heavy atom. The van der Waals surface area contributed by atoms with Crippen molar-refractivity contribution < 1.29 is 13.9 Å². The number of hydrogen-bond donors (Lipinski definition) is 1. The van der Waals surface area contributed by atoms with Crippen LogP contribution in [-0.2, 0) is 4.79 Å². The first kappa shape index (κ1) is 23.6. The summed E-state index contributed by atoms with van der Waals surface area (Å²) in [4.78, 5) is 18.0. The highest BCUT2D eigenvalue weighted by atomic mass is 35.5. The molecule has 2 aromatic carbocycles. The van der Waals surface area contributed by atoms with E-state index in [1.165, 1.54) is 11.3 Å². The van der Waals surface area contributed by atoms with Crippen LogP contribution in [0.5, 0.6) is 5.75 Å². The number of carbonyl (C=O) groups excluding carboxylic acids is 1. The van der Waals surface area contributed by atoms with Crippen LogP contribution in [0.2, 0.25) is 10.0 Å². The molecule has 0 fully saturated rings. The molecule has 33 heavy (non-hydrogen) atoms. The molecule has 1 atom stereocenters. The van der Waals surface area contributed by atoms with Crippen LogP contribution < -0.4 is 10.1 Å². The van der Waals surface area contributed by atoms with Crippen molar-refractivity contribution in [1.29, 1.82) is 0 Å². The van der Waals surface area contributed by atoms with Crippen LogP contribution in [0.15, 0.2) is 58.2 Å². The summed E-state index contributed by atoms with van der Waals surface area (Å²) in [6, 6.07) is 14.8. The lowest BCUT2D eigenvalue weighted by molar-refractivity contribution is -0.113. The third kappa shape index (κ3) is 6.05. The molecule has 11 heteroatoms. The zero-order chi connectivity index (χ0) is 23.4. The van der Waals surface area contributed by atoms with Crippen LogP contribution in [0.4, 0.5) is 5.13 Å². The molecule has 0 aliphatic rings. The number of rotatable bonds is 8. The number of amides is 1. The molecule has 0 radical (unpaired) electrons. The largest absolute Gasteiger partial charge is 0.479 e. The third-order valence-electron chi connectivity index (χ3n) is 4.38. The molecular weight excluding hydrogens is 503 g/mol. The second-order valence-electron chi connectivity index (χ2n) is 6.87. The van der Waals surface area contributed by atoms with E-state index in [4.69, 9.17) is 32.4 Å². The zero-order valence-corrected chi connectivity index (χ0v) is 20.7. The van der Waals surface area contributed by atoms with Crippen molar-refractivity contribution in [2.24, 2.45) is 0 Å². The topological polar surface area (TPSA) is 90.1 Å². The van der Waals surface area contributed by atoms with E-state index in [0.717, 1.165) is 27.9 Å². The lowest BCUT2D eigenvalue weighted by Gasteiger charge is -2.12. The van der Waals surface area contributed by atoms with Gasteiger partial charge in [0.05, 0.1) is 16.5 Å². The molecular formula is C22H18Cl2N4O3S2. The number of hydrogen-bond acceptors (Lipinski definition) is 8. The van der Waals surface area contributed by atoms with Crippen molar-refractivity contribution in [2.45, 2.75) is 25.2 Å². The van der Waals surface area contributed by atoms with Crippen LogP contribution in [0.3, 0.4) is 0 Å². The number of thioether (sulfide) groups is 1. The fraction of sp³-hybridized carbons (Fsp3) is 0.182. The van der Waals surface area contributed by atoms with Gasteiger partial charge in [0.1, 0.15) is 5.75 Å². The van der Waals surface area contributed by atoms with E-state index in [-0.39, 0.29) is 22.8 Å². The van der Waals surface area contributed by atoms with Crippen LogP contribution in [0.25, 0.3) is 11.3 Å². The minimum Gasteiger partial charge on any atom is -0.479 e. The van der Waals surface area contributed by atoms with Crippen molar-refractivity contribution in [1.82, 2.24) is 15.2 Å². The number of anilines is 1. The van der Waals surface area contributed by atoms with Gasteiger partial charge in [0.2, 0.25) is 5.91 Å². The maximum absolute atomic E-state index is 12.4. The lowest BCUT2D eigenvalue weighted by Crippen LogP contribution is -2.13. The standard InChI is InChI=1S/C22H18Cl2N4O3S2/c1-12(30-17-9-8-15(23)10-16(17)24)20-27-28-22(31-20)32-11-18(29)25-21-26-19(13(2)33-21)14-6-4-3-5-7-14/h3-10,12H,11H2,1-2H3,(H,25,26,29)/t12-/m0/s1. The van der Waals surface area contributed by atoms with Gasteiger partial charge in [0.15, 0.2) is 11.2 Å². The van der Waals surface area contributed by atoms with Crippen LogP contribution in [-0.4, -0.2) is 26.8 Å². The van der Waals surface area contributed by atoms with E-state index < -0.39 is 6.10 Å². The summed E-state index contributed by atoms with van der Waals surface area (Å²) in [5, 5.41) is 12.5. The monoisotopic (exact) mass is 520 g/mol. The maximum atomic E-state index is 12.4. The Labute approximate surface area is 208 Å². The molecule has 1 N–H and O–H groups in total. The summed E-state index contributed by atoms with van der Waals surface area (Å²) in [6.45, 7) is 3.74. The van der Waals surface area contributed by atoms with E-state index in [1.54, 1.807) is 25.1 Å². The SMILES string of the molecule is Cc1sc(NC(=O)CSc2nnc([C@H](C)Oc3ccc(Cl)cc3Cl)o2)nc1-c1ccccc1. The Balaban J connectivity index is 1.31. The Morgan fingerprint density at radius 1 is 1.21 bits per heavy atom. The lowest BCUT2D eigenvalue weighted by atomic mass is 10.1. The second-order valence-corrected chi connectivity index (χ2v) is 9.84. The molecule has 2 aromatic heterocycles. The predicted molar refractivity (Wildman–Crippen MR) is 131 cm³/mol. The first-order valence-electron chi connectivity index (χ1n) is 9.79. The van der Waals surface area contributed by atoms with E-state index >= 15 is 0 Å².